The highest BCUT2D eigenvalue weighted by atomic mass is 32.2. The largest absolute Gasteiger partial charge is 0.363 e. The number of fused-ring (bicyclic) bond motifs is 1. The van der Waals surface area contributed by atoms with Gasteiger partial charge in [0.25, 0.3) is 0 Å². The van der Waals surface area contributed by atoms with E-state index in [0.29, 0.717) is 11.1 Å². The van der Waals surface area contributed by atoms with E-state index in [0.717, 1.165) is 5.39 Å². The molecule has 1 aromatic carbocycles. The van der Waals surface area contributed by atoms with Gasteiger partial charge in [-0.3, -0.25) is 0 Å². The molecule has 0 bridgehead atoms. The first-order valence-corrected chi connectivity index (χ1v) is 5.76. The Morgan fingerprint density at radius 1 is 1.43 bits per heavy atom. The average molecular weight is 210 g/mol. The van der Waals surface area contributed by atoms with Crippen molar-refractivity contribution in [3.8, 4) is 0 Å². The maximum Gasteiger partial charge on any atom is 0.155 e. The maximum atomic E-state index is 11.0. The number of rotatable bonds is 2. The summed E-state index contributed by atoms with van der Waals surface area (Å²) in [6.45, 7) is 0. The average Bonchev–Trinajstić information content (AvgIpc) is 2.49. The van der Waals surface area contributed by atoms with Gasteiger partial charge >= 0.3 is 0 Å². The van der Waals surface area contributed by atoms with E-state index < -0.39 is 9.84 Å². The van der Waals surface area contributed by atoms with Crippen molar-refractivity contribution < 1.29 is 12.9 Å². The van der Waals surface area contributed by atoms with Crippen LogP contribution in [0.2, 0.25) is 0 Å². The Hall–Kier alpha value is -1.36. The lowest BCUT2D eigenvalue weighted by Crippen LogP contribution is -1.98. The molecule has 14 heavy (non-hydrogen) atoms. The van der Waals surface area contributed by atoms with E-state index in [9.17, 15) is 8.42 Å². The minimum atomic E-state index is -3.27. The van der Waals surface area contributed by atoms with Crippen LogP contribution in [0.3, 0.4) is 0 Å². The van der Waals surface area contributed by atoms with Gasteiger partial charge in [-0.2, -0.15) is 0 Å². The van der Waals surface area contributed by atoms with Crippen molar-refractivity contribution in [2.75, 3.05) is 0 Å². The molecule has 73 valence electrons. The van der Waals surface area contributed by atoms with E-state index in [2.05, 4.69) is 11.4 Å². The highest BCUT2D eigenvalue weighted by Crippen LogP contribution is 2.19. The van der Waals surface area contributed by atoms with Crippen LogP contribution in [0.15, 0.2) is 29.0 Å². The molecule has 0 atom stereocenters. The molecular formula is C9H8NO3S. The summed E-state index contributed by atoms with van der Waals surface area (Å²) in [6, 6.07) is 5.23. The van der Waals surface area contributed by atoms with Crippen LogP contribution in [-0.2, 0) is 15.6 Å². The number of hydrogen-bond donors (Lipinski definition) is 0. The van der Waals surface area contributed by atoms with Crippen LogP contribution in [-0.4, -0.2) is 13.6 Å². The third-order valence-corrected chi connectivity index (χ3v) is 2.62. The molecule has 0 aliphatic carbocycles. The van der Waals surface area contributed by atoms with Gasteiger partial charge in [0, 0.05) is 5.39 Å². The van der Waals surface area contributed by atoms with Crippen molar-refractivity contribution in [3.05, 3.63) is 36.3 Å². The van der Waals surface area contributed by atoms with Crippen LogP contribution in [0.5, 0.6) is 0 Å². The summed E-state index contributed by atoms with van der Waals surface area (Å²) in [5.74, 6) is -0.0917. The zero-order valence-electron chi connectivity index (χ0n) is 7.30. The molecule has 0 saturated carbocycles. The first-order valence-electron chi connectivity index (χ1n) is 3.94. The second-order valence-electron chi connectivity index (χ2n) is 3.05. The highest BCUT2D eigenvalue weighted by Gasteiger charge is 2.09. The number of aromatic nitrogens is 1. The molecule has 2 rings (SSSR count). The summed E-state index contributed by atoms with van der Waals surface area (Å²) in [5.41, 5.74) is 1.32. The van der Waals surface area contributed by atoms with E-state index in [1.54, 1.807) is 18.2 Å². The predicted octanol–water partition coefficient (Wildman–Crippen LogP) is 1.53. The maximum absolute atomic E-state index is 11.0. The third kappa shape index (κ3) is 1.77. The standard InChI is InChI=1S/C9H8NO3S/c1-14(11,12)6-7-3-2-4-9-8(7)5-13-10-9/h2-5H,1,6H2. The molecule has 1 aromatic heterocycles. The monoisotopic (exact) mass is 210 g/mol. The summed E-state index contributed by atoms with van der Waals surface area (Å²) in [5, 5.41) is 4.44. The fourth-order valence-corrected chi connectivity index (χ4v) is 2.04. The van der Waals surface area contributed by atoms with Gasteiger partial charge in [-0.25, -0.2) is 8.42 Å². The van der Waals surface area contributed by atoms with Crippen molar-refractivity contribution >= 4 is 20.7 Å². The van der Waals surface area contributed by atoms with Gasteiger partial charge in [0.15, 0.2) is 9.84 Å². The van der Waals surface area contributed by atoms with Gasteiger partial charge in [-0.05, 0) is 11.6 Å². The van der Waals surface area contributed by atoms with Gasteiger partial charge in [0.2, 0.25) is 0 Å². The lowest BCUT2D eigenvalue weighted by molar-refractivity contribution is 0.428. The summed E-state index contributed by atoms with van der Waals surface area (Å²) in [4.78, 5) is 0. The van der Waals surface area contributed by atoms with Crippen LogP contribution in [0.1, 0.15) is 5.56 Å². The smallest absolute Gasteiger partial charge is 0.155 e. The minimum absolute atomic E-state index is 0.0917. The fourth-order valence-electron chi connectivity index (χ4n) is 1.31. The Kier molecular flexibility index (Phi) is 2.03. The second-order valence-corrected chi connectivity index (χ2v) is 4.83. The lowest BCUT2D eigenvalue weighted by atomic mass is 10.1. The van der Waals surface area contributed by atoms with E-state index in [4.69, 9.17) is 4.52 Å². The first kappa shape index (κ1) is 9.21. The summed E-state index contributed by atoms with van der Waals surface area (Å²) in [7, 11) is -3.27. The molecule has 2 aromatic rings. The van der Waals surface area contributed by atoms with Crippen molar-refractivity contribution in [2.45, 2.75) is 5.75 Å². The zero-order chi connectivity index (χ0) is 10.2. The summed E-state index contributed by atoms with van der Waals surface area (Å²) < 4.78 is 26.8. The molecule has 5 heteroatoms. The molecule has 4 nitrogen and oxygen atoms in total. The van der Waals surface area contributed by atoms with E-state index in [-0.39, 0.29) is 5.75 Å². The lowest BCUT2D eigenvalue weighted by Gasteiger charge is -1.98. The van der Waals surface area contributed by atoms with Crippen LogP contribution >= 0.6 is 0 Å². The molecule has 0 unspecified atom stereocenters. The summed E-state index contributed by atoms with van der Waals surface area (Å²) in [6.07, 6.45) is 4.52. The van der Waals surface area contributed by atoms with Gasteiger partial charge in [-0.1, -0.05) is 17.3 Å². The molecule has 1 heterocycles. The van der Waals surface area contributed by atoms with Gasteiger partial charge in [0.05, 0.1) is 12.0 Å². The van der Waals surface area contributed by atoms with Crippen molar-refractivity contribution in [3.63, 3.8) is 0 Å². The third-order valence-electron chi connectivity index (χ3n) is 1.87. The number of hydrogen-bond acceptors (Lipinski definition) is 4. The fraction of sp³-hybridized carbons (Fsp3) is 0.111. The van der Waals surface area contributed by atoms with Gasteiger partial charge < -0.3 is 4.52 Å². The quantitative estimate of drug-likeness (QED) is 0.754. The van der Waals surface area contributed by atoms with Crippen LogP contribution in [0, 0.1) is 6.26 Å². The Balaban J connectivity index is 2.57. The van der Waals surface area contributed by atoms with Crippen LogP contribution in [0.4, 0.5) is 0 Å². The van der Waals surface area contributed by atoms with Crippen molar-refractivity contribution in [1.82, 2.24) is 5.16 Å². The number of sulfone groups is 1. The molecular weight excluding hydrogens is 202 g/mol. The molecule has 0 saturated heterocycles. The van der Waals surface area contributed by atoms with E-state index in [1.807, 2.05) is 0 Å². The first-order chi connectivity index (χ1) is 6.56. The van der Waals surface area contributed by atoms with Gasteiger partial charge in [-0.15, -0.1) is 0 Å². The Morgan fingerprint density at radius 2 is 2.21 bits per heavy atom. The second kappa shape index (κ2) is 3.09. The van der Waals surface area contributed by atoms with Crippen molar-refractivity contribution in [1.29, 1.82) is 0 Å². The minimum Gasteiger partial charge on any atom is -0.363 e. The zero-order valence-corrected chi connectivity index (χ0v) is 8.12. The van der Waals surface area contributed by atoms with Crippen LogP contribution in [0.25, 0.3) is 10.9 Å². The molecule has 0 aliphatic rings. The van der Waals surface area contributed by atoms with E-state index in [1.165, 1.54) is 6.26 Å². The Bertz CT molecular complexity index is 556. The topological polar surface area (TPSA) is 60.2 Å². The molecule has 0 aliphatic heterocycles. The number of benzene rings is 1. The molecule has 0 N–H and O–H groups in total. The normalized spacial score (nSPS) is 12.1. The van der Waals surface area contributed by atoms with Crippen molar-refractivity contribution in [2.24, 2.45) is 0 Å². The number of nitrogens with zero attached hydrogens (tertiary/aromatic N) is 1. The molecule has 0 spiro atoms. The van der Waals surface area contributed by atoms with Gasteiger partial charge in [0.1, 0.15) is 11.8 Å². The Morgan fingerprint density at radius 3 is 2.93 bits per heavy atom. The van der Waals surface area contributed by atoms with Crippen LogP contribution < -0.4 is 0 Å². The Labute approximate surface area is 81.4 Å². The predicted molar refractivity (Wildman–Crippen MR) is 52.0 cm³/mol. The molecule has 0 amide bonds. The molecule has 1 radical (unpaired) electrons. The SMILES string of the molecule is [CH2]S(=O)(=O)Cc1cccc2nocc12. The van der Waals surface area contributed by atoms with E-state index >= 15 is 0 Å². The summed E-state index contributed by atoms with van der Waals surface area (Å²) >= 11 is 0. The highest BCUT2D eigenvalue weighted by molar-refractivity contribution is 7.91. The molecule has 0 fully saturated rings.